The predicted octanol–water partition coefficient (Wildman–Crippen LogP) is 5.58. The first kappa shape index (κ1) is 34.0. The summed E-state index contributed by atoms with van der Waals surface area (Å²) in [7, 11) is 1.29. The van der Waals surface area contributed by atoms with E-state index in [1.165, 1.54) is 6.33 Å². The molecule has 4 heterocycles. The van der Waals surface area contributed by atoms with Gasteiger partial charge in [-0.05, 0) is 70.8 Å². The fraction of sp³-hybridized carbons (Fsp3) is 0.500. The molecule has 50 heavy (non-hydrogen) atoms. The standard InChI is InChI=1S/C34H38N8O6S2/c1-20-29(21(2)37-18-36-20)47-26-14-25(46-16-33(12-13-33)17-50(43,44)45-5)39-31(40-26)28-22-8-6-10-34(30(22)48-41-28)11-7-9-24-27(34)23(15-35)32(49-24)38-19-42(3)4/h14,18-19H,6-13,16-17H2,1-5H3/t34-/m0/s1. The smallest absolute Gasteiger partial charge is 0.267 e. The molecule has 4 aromatic heterocycles. The lowest BCUT2D eigenvalue weighted by Crippen LogP contribution is -2.35. The second-order valence-electron chi connectivity index (χ2n) is 13.5. The Hall–Kier alpha value is -4.46. The Morgan fingerprint density at radius 2 is 1.82 bits per heavy atom. The van der Waals surface area contributed by atoms with Crippen LogP contribution in [0.1, 0.15) is 77.2 Å². The van der Waals surface area contributed by atoms with Crippen molar-refractivity contribution in [2.75, 3.05) is 33.6 Å². The van der Waals surface area contributed by atoms with E-state index in [-0.39, 0.29) is 29.9 Å². The maximum absolute atomic E-state index is 12.3. The molecule has 1 saturated carbocycles. The Morgan fingerprint density at radius 3 is 2.50 bits per heavy atom. The predicted molar refractivity (Wildman–Crippen MR) is 185 cm³/mol. The van der Waals surface area contributed by atoms with Crippen LogP contribution in [0.2, 0.25) is 0 Å². The van der Waals surface area contributed by atoms with Gasteiger partial charge >= 0.3 is 0 Å². The summed E-state index contributed by atoms with van der Waals surface area (Å²) in [4.78, 5) is 25.7. The molecule has 0 saturated heterocycles. The SMILES string of the molecule is COS(=O)(=O)CC1(COc2cc(Oc3c(C)ncnc3C)nc(-c3noc4c3CCC[C@@]43CCCc4sc(N=CN(C)C)c(C#N)c43)n2)CC1. The zero-order valence-electron chi connectivity index (χ0n) is 28.6. The molecule has 1 fully saturated rings. The first-order valence-electron chi connectivity index (χ1n) is 16.5. The molecule has 0 aromatic carbocycles. The van der Waals surface area contributed by atoms with Gasteiger partial charge in [-0.25, -0.2) is 15.0 Å². The summed E-state index contributed by atoms with van der Waals surface area (Å²) >= 11 is 1.58. The van der Waals surface area contributed by atoms with E-state index in [0.717, 1.165) is 61.0 Å². The van der Waals surface area contributed by atoms with Crippen LogP contribution in [0.4, 0.5) is 5.00 Å². The number of nitrogens with zero attached hydrogens (tertiary/aromatic N) is 8. The van der Waals surface area contributed by atoms with E-state index >= 15 is 0 Å². The van der Waals surface area contributed by atoms with Crippen molar-refractivity contribution in [3.8, 4) is 35.1 Å². The lowest BCUT2D eigenvalue weighted by Gasteiger charge is -2.39. The van der Waals surface area contributed by atoms with Gasteiger partial charge in [0.2, 0.25) is 11.8 Å². The number of aliphatic imine (C=N–C) groups is 1. The van der Waals surface area contributed by atoms with E-state index < -0.39 is 20.9 Å². The number of thiophene rings is 1. The summed E-state index contributed by atoms with van der Waals surface area (Å²) in [5, 5.41) is 15.7. The van der Waals surface area contributed by atoms with Crippen molar-refractivity contribution in [3.05, 3.63) is 51.1 Å². The molecule has 16 heteroatoms. The van der Waals surface area contributed by atoms with Crippen LogP contribution in [0.15, 0.2) is 21.9 Å². The molecule has 0 aliphatic heterocycles. The largest absolute Gasteiger partial charge is 0.477 e. The molecule has 3 aliphatic rings. The Bertz CT molecular complexity index is 2110. The van der Waals surface area contributed by atoms with E-state index in [2.05, 4.69) is 26.2 Å². The average molecular weight is 719 g/mol. The summed E-state index contributed by atoms with van der Waals surface area (Å²) < 4.78 is 47.9. The van der Waals surface area contributed by atoms with Crippen LogP contribution >= 0.6 is 11.3 Å². The van der Waals surface area contributed by atoms with Gasteiger partial charge < -0.3 is 18.9 Å². The van der Waals surface area contributed by atoms with Crippen LogP contribution in [0.5, 0.6) is 17.5 Å². The van der Waals surface area contributed by atoms with Crippen LogP contribution in [0.3, 0.4) is 0 Å². The summed E-state index contributed by atoms with van der Waals surface area (Å²) in [5.74, 6) is 1.69. The molecule has 4 aromatic rings. The van der Waals surface area contributed by atoms with Gasteiger partial charge in [-0.1, -0.05) is 5.16 Å². The Kier molecular flexibility index (Phi) is 8.85. The van der Waals surface area contributed by atoms with Crippen molar-refractivity contribution in [3.63, 3.8) is 0 Å². The number of rotatable bonds is 11. The van der Waals surface area contributed by atoms with Gasteiger partial charge in [0.15, 0.2) is 23.0 Å². The highest BCUT2D eigenvalue weighted by atomic mass is 32.2. The number of fused-ring (bicyclic) bond motifs is 4. The molecule has 262 valence electrons. The summed E-state index contributed by atoms with van der Waals surface area (Å²) in [5.41, 5.74) is 3.15. The molecule has 1 atom stereocenters. The van der Waals surface area contributed by atoms with Gasteiger partial charge in [0.1, 0.15) is 17.4 Å². The van der Waals surface area contributed by atoms with E-state index in [1.54, 1.807) is 23.7 Å². The highest BCUT2D eigenvalue weighted by Gasteiger charge is 2.50. The summed E-state index contributed by atoms with van der Waals surface area (Å²) in [6, 6.07) is 4.03. The first-order chi connectivity index (χ1) is 24.0. The first-order valence-corrected chi connectivity index (χ1v) is 18.9. The molecular formula is C34H38N8O6S2. The molecule has 0 N–H and O–H groups in total. The van der Waals surface area contributed by atoms with E-state index in [9.17, 15) is 13.7 Å². The third-order valence-corrected chi connectivity index (χ3v) is 12.3. The number of nitriles is 1. The number of ether oxygens (including phenoxy) is 2. The minimum Gasteiger partial charge on any atom is -0.477 e. The maximum atomic E-state index is 12.3. The van der Waals surface area contributed by atoms with Gasteiger partial charge in [-0.15, -0.1) is 11.3 Å². The Balaban J connectivity index is 1.29. The molecular weight excluding hydrogens is 681 g/mol. The lowest BCUT2D eigenvalue weighted by atomic mass is 9.63. The second-order valence-corrected chi connectivity index (χ2v) is 16.4. The highest BCUT2D eigenvalue weighted by molar-refractivity contribution is 7.86. The monoisotopic (exact) mass is 718 g/mol. The Morgan fingerprint density at radius 1 is 1.10 bits per heavy atom. The second kappa shape index (κ2) is 13.0. The molecule has 0 amide bonds. The normalized spacial score (nSPS) is 19.2. The number of hydrogen-bond donors (Lipinski definition) is 0. The quantitative estimate of drug-likeness (QED) is 0.107. The molecule has 0 unspecified atom stereocenters. The van der Waals surface area contributed by atoms with Crippen molar-refractivity contribution in [1.29, 1.82) is 5.26 Å². The van der Waals surface area contributed by atoms with Crippen molar-refractivity contribution in [2.24, 2.45) is 10.4 Å². The van der Waals surface area contributed by atoms with Gasteiger partial charge in [-0.3, -0.25) is 4.18 Å². The van der Waals surface area contributed by atoms with Crippen LogP contribution in [0.25, 0.3) is 11.5 Å². The topological polar surface area (TPSA) is 179 Å². The van der Waals surface area contributed by atoms with Crippen LogP contribution < -0.4 is 9.47 Å². The fourth-order valence-corrected chi connectivity index (χ4v) is 9.54. The minimum atomic E-state index is -3.68. The highest BCUT2D eigenvalue weighted by Crippen LogP contribution is 2.56. The lowest BCUT2D eigenvalue weighted by molar-refractivity contribution is 0.235. The van der Waals surface area contributed by atoms with Crippen molar-refractivity contribution >= 4 is 32.8 Å². The van der Waals surface area contributed by atoms with Crippen LogP contribution in [-0.4, -0.2) is 78.3 Å². The van der Waals surface area contributed by atoms with Gasteiger partial charge in [0.25, 0.3) is 10.1 Å². The van der Waals surface area contributed by atoms with E-state index in [0.29, 0.717) is 52.7 Å². The molecule has 0 radical (unpaired) electrons. The number of aromatic nitrogens is 5. The number of aryl methyl sites for hydroxylation is 3. The Labute approximate surface area is 294 Å². The molecule has 1 spiro atoms. The van der Waals surface area contributed by atoms with Crippen LogP contribution in [0, 0.1) is 30.6 Å². The summed E-state index contributed by atoms with van der Waals surface area (Å²) in [6.07, 6.45) is 9.58. The van der Waals surface area contributed by atoms with E-state index in [1.807, 2.05) is 32.8 Å². The molecule has 0 bridgehead atoms. The zero-order chi connectivity index (χ0) is 35.3. The number of hydrogen-bond acceptors (Lipinski definition) is 14. The average Bonchev–Trinajstić information content (AvgIpc) is 3.51. The third-order valence-electron chi connectivity index (χ3n) is 9.70. The van der Waals surface area contributed by atoms with Gasteiger partial charge in [0.05, 0.1) is 54.2 Å². The maximum Gasteiger partial charge on any atom is 0.267 e. The van der Waals surface area contributed by atoms with Gasteiger partial charge in [0, 0.05) is 30.0 Å². The minimum absolute atomic E-state index is 0.120. The van der Waals surface area contributed by atoms with Crippen molar-refractivity contribution in [2.45, 2.75) is 70.6 Å². The summed E-state index contributed by atoms with van der Waals surface area (Å²) in [6.45, 7) is 3.76. The fourth-order valence-electron chi connectivity index (χ4n) is 7.07. The zero-order valence-corrected chi connectivity index (χ0v) is 30.3. The van der Waals surface area contributed by atoms with Crippen molar-refractivity contribution in [1.82, 2.24) is 30.0 Å². The van der Waals surface area contributed by atoms with Gasteiger partial charge in [-0.2, -0.15) is 23.6 Å². The van der Waals surface area contributed by atoms with Crippen LogP contribution in [-0.2, 0) is 32.6 Å². The molecule has 3 aliphatic carbocycles. The third kappa shape index (κ3) is 6.33. The molecule has 14 nitrogen and oxygen atoms in total. The van der Waals surface area contributed by atoms with E-state index in [4.69, 9.17) is 28.1 Å². The van der Waals surface area contributed by atoms with Crippen molar-refractivity contribution < 1.29 is 26.6 Å². The molecule has 7 rings (SSSR count).